The Kier molecular flexibility index (Phi) is 23.0. The van der Waals surface area contributed by atoms with E-state index in [2.05, 4.69) is 13.8 Å². The van der Waals surface area contributed by atoms with Crippen LogP contribution in [0.4, 0.5) is 0 Å². The Hall–Kier alpha value is -1.31. The van der Waals surface area contributed by atoms with E-state index < -0.39 is 59.7 Å². The molecule has 44 heavy (non-hydrogen) atoms. The van der Waals surface area contributed by atoms with Gasteiger partial charge in [-0.3, -0.25) is 14.1 Å². The monoisotopic (exact) mass is 652 g/mol. The maximum Gasteiger partial charge on any atom is 0.397 e. The van der Waals surface area contributed by atoms with E-state index in [1.807, 2.05) is 0 Å². The average Bonchev–Trinajstić information content (AvgIpc) is 2.98. The van der Waals surface area contributed by atoms with Crippen LogP contribution >= 0.6 is 0 Å². The molecule has 0 spiro atoms. The molecule has 1 aliphatic rings. The zero-order valence-electron chi connectivity index (χ0n) is 27.4. The van der Waals surface area contributed by atoms with Crippen LogP contribution < -0.4 is 0 Å². The number of hydrogen-bond acceptors (Lipinski definition) is 10. The second-order valence-corrected chi connectivity index (χ2v) is 12.9. The summed E-state index contributed by atoms with van der Waals surface area (Å²) in [5.41, 5.74) is 0. The average molecular weight is 653 g/mol. The molecule has 0 aromatic heterocycles. The van der Waals surface area contributed by atoms with E-state index in [-0.39, 0.29) is 12.8 Å². The van der Waals surface area contributed by atoms with E-state index in [9.17, 15) is 27.7 Å². The second kappa shape index (κ2) is 24.9. The molecule has 1 heterocycles. The highest BCUT2D eigenvalue weighted by Crippen LogP contribution is 2.30. The molecule has 1 fully saturated rings. The van der Waals surface area contributed by atoms with Crippen molar-refractivity contribution in [1.82, 2.24) is 0 Å². The van der Waals surface area contributed by atoms with Crippen molar-refractivity contribution in [2.75, 3.05) is 13.7 Å². The number of carbonyl (C=O) groups is 2. The Morgan fingerprint density at radius 1 is 0.636 bits per heavy atom. The number of aliphatic hydroxyl groups is 1. The van der Waals surface area contributed by atoms with Gasteiger partial charge in [0.05, 0.1) is 6.61 Å². The molecule has 1 rings (SSSR count). The SMILES string of the molecule is CCCCCCCCCCCCC(=O)O[C@H]1C(OC)O[C@H](CO)[C@@H](OS(=O)(=O)O)[C@@H]1OC(=O)CCCCCCCCCCC. The van der Waals surface area contributed by atoms with Crippen LogP contribution in [0, 0.1) is 0 Å². The topological polar surface area (TPSA) is 155 Å². The number of carbonyl (C=O) groups excluding carboxylic acids is 2. The maximum absolute atomic E-state index is 12.8. The largest absolute Gasteiger partial charge is 0.455 e. The van der Waals surface area contributed by atoms with Crippen molar-refractivity contribution in [3.8, 4) is 0 Å². The van der Waals surface area contributed by atoms with Crippen molar-refractivity contribution in [2.45, 2.75) is 179 Å². The van der Waals surface area contributed by atoms with Gasteiger partial charge in [-0.25, -0.2) is 4.18 Å². The fourth-order valence-corrected chi connectivity index (χ4v) is 6.00. The normalized spacial score (nSPS) is 22.2. The Morgan fingerprint density at radius 3 is 1.39 bits per heavy atom. The molecule has 0 aromatic rings. The first-order valence-electron chi connectivity index (χ1n) is 17.0. The lowest BCUT2D eigenvalue weighted by Gasteiger charge is -2.43. The first kappa shape index (κ1) is 40.7. The third-order valence-electron chi connectivity index (χ3n) is 7.99. The summed E-state index contributed by atoms with van der Waals surface area (Å²) >= 11 is 0. The molecule has 11 nitrogen and oxygen atoms in total. The molecule has 12 heteroatoms. The van der Waals surface area contributed by atoms with Crippen molar-refractivity contribution in [2.24, 2.45) is 0 Å². The Bertz CT molecular complexity index is 851. The minimum Gasteiger partial charge on any atom is -0.455 e. The molecule has 0 radical (unpaired) electrons. The molecule has 0 amide bonds. The van der Waals surface area contributed by atoms with Crippen LogP contribution in [0.1, 0.15) is 149 Å². The smallest absolute Gasteiger partial charge is 0.397 e. The Balaban J connectivity index is 2.72. The molecule has 5 atom stereocenters. The van der Waals surface area contributed by atoms with Crippen molar-refractivity contribution >= 4 is 22.3 Å². The summed E-state index contributed by atoms with van der Waals surface area (Å²) in [5, 5.41) is 9.86. The van der Waals surface area contributed by atoms with Crippen LogP contribution in [0.15, 0.2) is 0 Å². The van der Waals surface area contributed by atoms with Crippen LogP contribution in [-0.4, -0.2) is 74.4 Å². The van der Waals surface area contributed by atoms with Gasteiger partial charge in [0.25, 0.3) is 0 Å². The van der Waals surface area contributed by atoms with Gasteiger partial charge in [0.15, 0.2) is 18.5 Å². The zero-order chi connectivity index (χ0) is 32.6. The van der Waals surface area contributed by atoms with Gasteiger partial charge in [0.2, 0.25) is 0 Å². The molecule has 1 unspecified atom stereocenters. The van der Waals surface area contributed by atoms with Crippen molar-refractivity contribution in [1.29, 1.82) is 0 Å². The van der Waals surface area contributed by atoms with Crippen LogP contribution in [0.3, 0.4) is 0 Å². The molecular weight excluding hydrogens is 592 g/mol. The van der Waals surface area contributed by atoms with Gasteiger partial charge in [0.1, 0.15) is 12.2 Å². The lowest BCUT2D eigenvalue weighted by molar-refractivity contribution is -0.296. The van der Waals surface area contributed by atoms with Crippen LogP contribution in [0.2, 0.25) is 0 Å². The van der Waals surface area contributed by atoms with E-state index in [0.29, 0.717) is 12.8 Å². The van der Waals surface area contributed by atoms with Gasteiger partial charge < -0.3 is 24.1 Å². The minimum absolute atomic E-state index is 0.0620. The fourth-order valence-electron chi connectivity index (χ4n) is 5.49. The highest BCUT2D eigenvalue weighted by molar-refractivity contribution is 7.80. The summed E-state index contributed by atoms with van der Waals surface area (Å²) in [6.07, 6.45) is 13.6. The summed E-state index contributed by atoms with van der Waals surface area (Å²) in [4.78, 5) is 25.7. The van der Waals surface area contributed by atoms with E-state index in [1.165, 1.54) is 71.3 Å². The lowest BCUT2D eigenvalue weighted by atomic mass is 9.98. The molecule has 260 valence electrons. The number of unbranched alkanes of at least 4 members (excludes halogenated alkanes) is 17. The van der Waals surface area contributed by atoms with Gasteiger partial charge in [-0.15, -0.1) is 0 Å². The number of methoxy groups -OCH3 is 1. The molecule has 0 aromatic carbocycles. The Morgan fingerprint density at radius 2 is 1.02 bits per heavy atom. The van der Waals surface area contributed by atoms with Crippen molar-refractivity contribution < 1.29 is 50.8 Å². The Labute approximate surface area is 266 Å². The van der Waals surface area contributed by atoms with Crippen molar-refractivity contribution in [3.63, 3.8) is 0 Å². The molecule has 1 aliphatic heterocycles. The van der Waals surface area contributed by atoms with E-state index in [0.717, 1.165) is 44.9 Å². The molecule has 0 saturated carbocycles. The van der Waals surface area contributed by atoms with E-state index >= 15 is 0 Å². The fraction of sp³-hybridized carbons (Fsp3) is 0.938. The molecule has 0 aliphatic carbocycles. The number of esters is 2. The highest BCUT2D eigenvalue weighted by Gasteiger charge is 2.52. The van der Waals surface area contributed by atoms with E-state index in [1.54, 1.807) is 0 Å². The predicted molar refractivity (Wildman–Crippen MR) is 167 cm³/mol. The standard InChI is InChI=1S/C32H60O11S/c1-4-6-8-10-12-14-16-18-20-22-24-28(35)42-31-30(29(43-44(36,37)38)26(25-33)40-32(31)39-3)41-27(34)23-21-19-17-15-13-11-9-7-5-2/h26,29-33H,4-25H2,1-3H3,(H,36,37,38)/t26-,29-,30+,31-,32?/m1/s1. The first-order valence-corrected chi connectivity index (χ1v) is 18.4. The molecule has 1 saturated heterocycles. The number of hydrogen-bond donors (Lipinski definition) is 2. The zero-order valence-corrected chi connectivity index (χ0v) is 28.2. The molecular formula is C32H60O11S. The minimum atomic E-state index is -5.04. The summed E-state index contributed by atoms with van der Waals surface area (Å²) in [5.74, 6) is -1.24. The third-order valence-corrected chi connectivity index (χ3v) is 8.46. The molecule has 2 N–H and O–H groups in total. The number of aliphatic hydroxyl groups excluding tert-OH is 1. The van der Waals surface area contributed by atoms with Gasteiger partial charge >= 0.3 is 22.3 Å². The second-order valence-electron chi connectivity index (χ2n) is 11.9. The number of rotatable bonds is 27. The van der Waals surface area contributed by atoms with Crippen LogP contribution in [0.25, 0.3) is 0 Å². The number of ether oxygens (including phenoxy) is 4. The van der Waals surface area contributed by atoms with Crippen LogP contribution in [0.5, 0.6) is 0 Å². The van der Waals surface area contributed by atoms with E-state index in [4.69, 9.17) is 23.1 Å². The summed E-state index contributed by atoms with van der Waals surface area (Å²) in [7, 11) is -3.76. The van der Waals surface area contributed by atoms with Gasteiger partial charge in [0, 0.05) is 20.0 Å². The quantitative estimate of drug-likeness (QED) is 0.0561. The summed E-state index contributed by atoms with van der Waals surface area (Å²) in [6.45, 7) is 3.65. The predicted octanol–water partition coefficient (Wildman–Crippen LogP) is 6.59. The maximum atomic E-state index is 12.8. The highest BCUT2D eigenvalue weighted by atomic mass is 32.3. The van der Waals surface area contributed by atoms with Gasteiger partial charge in [-0.2, -0.15) is 8.42 Å². The van der Waals surface area contributed by atoms with Gasteiger partial charge in [-0.05, 0) is 12.8 Å². The van der Waals surface area contributed by atoms with Crippen LogP contribution in [-0.2, 0) is 43.1 Å². The summed E-state index contributed by atoms with van der Waals surface area (Å²) in [6, 6.07) is 0. The summed E-state index contributed by atoms with van der Waals surface area (Å²) < 4.78 is 59.7. The lowest BCUT2D eigenvalue weighted by Crippen LogP contribution is -2.62. The molecule has 0 bridgehead atoms. The van der Waals surface area contributed by atoms with Crippen molar-refractivity contribution in [3.05, 3.63) is 0 Å². The third kappa shape index (κ3) is 18.6. The van der Waals surface area contributed by atoms with Gasteiger partial charge in [-0.1, -0.05) is 123 Å². The first-order chi connectivity index (χ1) is 21.2.